The summed E-state index contributed by atoms with van der Waals surface area (Å²) in [7, 11) is 0. The second-order valence-corrected chi connectivity index (χ2v) is 5.49. The Morgan fingerprint density at radius 2 is 2.10 bits per heavy atom. The summed E-state index contributed by atoms with van der Waals surface area (Å²) < 4.78 is 5.65. The van der Waals surface area contributed by atoms with Crippen LogP contribution >= 0.6 is 0 Å². The van der Waals surface area contributed by atoms with E-state index in [0.29, 0.717) is 6.04 Å². The van der Waals surface area contributed by atoms with Gasteiger partial charge < -0.3 is 15.0 Å². The summed E-state index contributed by atoms with van der Waals surface area (Å²) in [6.45, 7) is 4.54. The van der Waals surface area contributed by atoms with E-state index in [9.17, 15) is 4.79 Å². The molecule has 0 bridgehead atoms. The number of piperazine rings is 1. The van der Waals surface area contributed by atoms with Crippen molar-refractivity contribution in [1.82, 2.24) is 10.2 Å². The average molecular weight is 284 g/mol. The minimum absolute atomic E-state index is 0.0523. The van der Waals surface area contributed by atoms with Crippen LogP contribution in [0, 0.1) is 0 Å². The van der Waals surface area contributed by atoms with Crippen molar-refractivity contribution in [2.75, 3.05) is 26.2 Å². The Morgan fingerprint density at radius 1 is 1.29 bits per heavy atom. The van der Waals surface area contributed by atoms with Gasteiger partial charge in [-0.15, -0.1) is 0 Å². The number of hydrogen-bond acceptors (Lipinski definition) is 3. The average Bonchev–Trinajstić information content (AvgIpc) is 2.52. The second-order valence-electron chi connectivity index (χ2n) is 5.49. The van der Waals surface area contributed by atoms with Gasteiger partial charge in [0.25, 0.3) is 5.91 Å². The molecular formula is C17H20N2O2. The molecule has 0 spiro atoms. The monoisotopic (exact) mass is 284 g/mol. The van der Waals surface area contributed by atoms with Crippen LogP contribution in [0.15, 0.2) is 42.5 Å². The normalized spacial score (nSPS) is 18.7. The highest BCUT2D eigenvalue weighted by Gasteiger charge is 2.20. The van der Waals surface area contributed by atoms with Crippen molar-refractivity contribution in [2.45, 2.75) is 13.0 Å². The molecule has 1 atom stereocenters. The predicted octanol–water partition coefficient (Wildman–Crippen LogP) is 2.04. The van der Waals surface area contributed by atoms with Crippen molar-refractivity contribution < 1.29 is 9.53 Å². The van der Waals surface area contributed by atoms with Crippen LogP contribution in [-0.2, 0) is 4.79 Å². The van der Waals surface area contributed by atoms with Gasteiger partial charge in [-0.1, -0.05) is 30.3 Å². The van der Waals surface area contributed by atoms with E-state index in [1.807, 2.05) is 41.3 Å². The Morgan fingerprint density at radius 3 is 2.90 bits per heavy atom. The molecule has 1 amide bonds. The summed E-state index contributed by atoms with van der Waals surface area (Å²) in [5.41, 5.74) is 0. The molecule has 1 fully saturated rings. The molecule has 4 heteroatoms. The lowest BCUT2D eigenvalue weighted by molar-refractivity contribution is -0.134. The van der Waals surface area contributed by atoms with Crippen LogP contribution in [0.25, 0.3) is 10.8 Å². The summed E-state index contributed by atoms with van der Waals surface area (Å²) in [4.78, 5) is 14.0. The molecule has 3 rings (SSSR count). The summed E-state index contributed by atoms with van der Waals surface area (Å²) >= 11 is 0. The fourth-order valence-electron chi connectivity index (χ4n) is 2.65. The topological polar surface area (TPSA) is 41.6 Å². The molecule has 1 heterocycles. The molecule has 0 saturated carbocycles. The van der Waals surface area contributed by atoms with E-state index in [1.165, 1.54) is 5.39 Å². The SMILES string of the molecule is CC1CN(C(=O)COc2ccc3ccccc3c2)CCN1. The van der Waals surface area contributed by atoms with Crippen molar-refractivity contribution in [3.63, 3.8) is 0 Å². The minimum Gasteiger partial charge on any atom is -0.484 e. The molecule has 1 aliphatic heterocycles. The Labute approximate surface area is 124 Å². The maximum atomic E-state index is 12.2. The first-order valence-corrected chi connectivity index (χ1v) is 7.35. The minimum atomic E-state index is 0.0523. The van der Waals surface area contributed by atoms with E-state index in [0.717, 1.165) is 30.8 Å². The molecule has 0 aliphatic carbocycles. The summed E-state index contributed by atoms with van der Waals surface area (Å²) in [6, 6.07) is 14.4. The predicted molar refractivity (Wildman–Crippen MR) is 83.5 cm³/mol. The molecule has 0 radical (unpaired) electrons. The molecule has 1 unspecified atom stereocenters. The van der Waals surface area contributed by atoms with E-state index in [2.05, 4.69) is 18.3 Å². The molecule has 1 saturated heterocycles. The van der Waals surface area contributed by atoms with Gasteiger partial charge >= 0.3 is 0 Å². The number of fused-ring (bicyclic) bond motifs is 1. The Balaban J connectivity index is 1.61. The third-order valence-corrected chi connectivity index (χ3v) is 3.80. The third kappa shape index (κ3) is 3.34. The number of amides is 1. The van der Waals surface area contributed by atoms with E-state index in [4.69, 9.17) is 4.74 Å². The number of carbonyl (C=O) groups is 1. The van der Waals surface area contributed by atoms with Gasteiger partial charge in [0, 0.05) is 25.7 Å². The maximum absolute atomic E-state index is 12.2. The zero-order valence-electron chi connectivity index (χ0n) is 12.2. The fraction of sp³-hybridized carbons (Fsp3) is 0.353. The number of benzene rings is 2. The van der Waals surface area contributed by atoms with Crippen LogP contribution in [0.5, 0.6) is 5.75 Å². The first-order valence-electron chi connectivity index (χ1n) is 7.35. The lowest BCUT2D eigenvalue weighted by Crippen LogP contribution is -2.52. The van der Waals surface area contributed by atoms with Gasteiger partial charge in [0.05, 0.1) is 0 Å². The van der Waals surface area contributed by atoms with Crippen molar-refractivity contribution >= 4 is 16.7 Å². The van der Waals surface area contributed by atoms with Crippen LogP contribution < -0.4 is 10.1 Å². The zero-order chi connectivity index (χ0) is 14.7. The molecular weight excluding hydrogens is 264 g/mol. The molecule has 2 aromatic carbocycles. The van der Waals surface area contributed by atoms with Gasteiger partial charge in [0.1, 0.15) is 5.75 Å². The maximum Gasteiger partial charge on any atom is 0.260 e. The Kier molecular flexibility index (Phi) is 4.06. The molecule has 21 heavy (non-hydrogen) atoms. The molecule has 4 nitrogen and oxygen atoms in total. The van der Waals surface area contributed by atoms with Crippen molar-refractivity contribution in [3.8, 4) is 5.75 Å². The first-order chi connectivity index (χ1) is 10.2. The second kappa shape index (κ2) is 6.14. The van der Waals surface area contributed by atoms with Gasteiger partial charge in [0.2, 0.25) is 0 Å². The first kappa shape index (κ1) is 13.9. The smallest absolute Gasteiger partial charge is 0.260 e. The summed E-state index contributed by atoms with van der Waals surface area (Å²) in [6.07, 6.45) is 0. The summed E-state index contributed by atoms with van der Waals surface area (Å²) in [5.74, 6) is 0.793. The molecule has 2 aromatic rings. The third-order valence-electron chi connectivity index (χ3n) is 3.80. The number of carbonyl (C=O) groups excluding carboxylic acids is 1. The number of nitrogens with zero attached hydrogens (tertiary/aromatic N) is 1. The van der Waals surface area contributed by atoms with Crippen molar-refractivity contribution in [1.29, 1.82) is 0 Å². The number of ether oxygens (including phenoxy) is 1. The molecule has 0 aromatic heterocycles. The largest absolute Gasteiger partial charge is 0.484 e. The van der Waals surface area contributed by atoms with E-state index in [-0.39, 0.29) is 12.5 Å². The van der Waals surface area contributed by atoms with Gasteiger partial charge in [-0.25, -0.2) is 0 Å². The van der Waals surface area contributed by atoms with Gasteiger partial charge in [0.15, 0.2) is 6.61 Å². The van der Waals surface area contributed by atoms with Crippen LogP contribution in [0.4, 0.5) is 0 Å². The van der Waals surface area contributed by atoms with E-state index >= 15 is 0 Å². The highest BCUT2D eigenvalue weighted by molar-refractivity contribution is 5.84. The van der Waals surface area contributed by atoms with Gasteiger partial charge in [-0.2, -0.15) is 0 Å². The van der Waals surface area contributed by atoms with Crippen LogP contribution in [0.3, 0.4) is 0 Å². The van der Waals surface area contributed by atoms with Gasteiger partial charge in [-0.3, -0.25) is 4.79 Å². The van der Waals surface area contributed by atoms with E-state index in [1.54, 1.807) is 0 Å². The van der Waals surface area contributed by atoms with Crippen molar-refractivity contribution in [3.05, 3.63) is 42.5 Å². The van der Waals surface area contributed by atoms with Crippen LogP contribution in [-0.4, -0.2) is 43.1 Å². The molecule has 1 N–H and O–H groups in total. The summed E-state index contributed by atoms with van der Waals surface area (Å²) in [5, 5.41) is 5.62. The highest BCUT2D eigenvalue weighted by atomic mass is 16.5. The number of nitrogens with one attached hydrogen (secondary N) is 1. The van der Waals surface area contributed by atoms with Crippen LogP contribution in [0.1, 0.15) is 6.92 Å². The lowest BCUT2D eigenvalue weighted by atomic mass is 10.1. The van der Waals surface area contributed by atoms with E-state index < -0.39 is 0 Å². The van der Waals surface area contributed by atoms with Gasteiger partial charge in [-0.05, 0) is 29.8 Å². The Bertz CT molecular complexity index is 641. The number of hydrogen-bond donors (Lipinski definition) is 1. The number of rotatable bonds is 3. The van der Waals surface area contributed by atoms with Crippen molar-refractivity contribution in [2.24, 2.45) is 0 Å². The highest BCUT2D eigenvalue weighted by Crippen LogP contribution is 2.20. The zero-order valence-corrected chi connectivity index (χ0v) is 12.2. The Hall–Kier alpha value is -2.07. The standard InChI is InChI=1S/C17H20N2O2/c1-13-11-19(9-8-18-13)17(20)12-21-16-7-6-14-4-2-3-5-15(14)10-16/h2-7,10,13,18H,8-9,11-12H2,1H3. The molecule has 1 aliphatic rings. The quantitative estimate of drug-likeness (QED) is 0.938. The molecule has 110 valence electrons. The lowest BCUT2D eigenvalue weighted by Gasteiger charge is -2.31. The van der Waals surface area contributed by atoms with Crippen LogP contribution in [0.2, 0.25) is 0 Å². The fourth-order valence-corrected chi connectivity index (χ4v) is 2.65.